The largest absolute Gasteiger partial charge is 0.493 e. The maximum absolute atomic E-state index is 5.57. The second-order valence-corrected chi connectivity index (χ2v) is 8.04. The average molecular weight is 541 g/mol. The summed E-state index contributed by atoms with van der Waals surface area (Å²) in [5, 5.41) is 11.2. The number of aromatic nitrogens is 2. The molecule has 2 aromatic rings. The average Bonchev–Trinajstić information content (AvgIpc) is 3.21. The minimum atomic E-state index is 0. The van der Waals surface area contributed by atoms with E-state index in [-0.39, 0.29) is 29.4 Å². The van der Waals surface area contributed by atoms with Crippen LogP contribution in [0.1, 0.15) is 43.2 Å². The van der Waals surface area contributed by atoms with E-state index >= 15 is 0 Å². The van der Waals surface area contributed by atoms with Crippen molar-refractivity contribution in [2.24, 2.45) is 12.0 Å². The molecular weight excluding hydrogens is 505 g/mol. The lowest BCUT2D eigenvalue weighted by Gasteiger charge is -2.38. The lowest BCUT2D eigenvalue weighted by molar-refractivity contribution is 0.288. The fourth-order valence-corrected chi connectivity index (χ4v) is 4.36. The van der Waals surface area contributed by atoms with Crippen molar-refractivity contribution in [3.8, 4) is 11.5 Å². The maximum Gasteiger partial charge on any atom is 0.191 e. The number of rotatable bonds is 8. The van der Waals surface area contributed by atoms with Crippen molar-refractivity contribution in [2.75, 3.05) is 34.4 Å². The fourth-order valence-electron chi connectivity index (χ4n) is 4.36. The first-order valence-corrected chi connectivity index (χ1v) is 10.7. The van der Waals surface area contributed by atoms with Gasteiger partial charge >= 0.3 is 0 Å². The molecule has 1 aromatic carbocycles. The van der Waals surface area contributed by atoms with Gasteiger partial charge in [-0.05, 0) is 42.5 Å². The van der Waals surface area contributed by atoms with Gasteiger partial charge in [-0.1, -0.05) is 25.3 Å². The number of ether oxygens (including phenoxy) is 2. The molecule has 1 aromatic heterocycles. The molecule has 31 heavy (non-hydrogen) atoms. The highest BCUT2D eigenvalue weighted by molar-refractivity contribution is 14.0. The predicted molar refractivity (Wildman–Crippen MR) is 136 cm³/mol. The molecule has 0 unspecified atom stereocenters. The molecule has 0 atom stereocenters. The van der Waals surface area contributed by atoms with Gasteiger partial charge in [0.2, 0.25) is 0 Å². The first-order valence-electron chi connectivity index (χ1n) is 10.7. The summed E-state index contributed by atoms with van der Waals surface area (Å²) in [6.07, 6.45) is 11.0. The number of nitrogens with zero attached hydrogens (tertiary/aromatic N) is 3. The molecule has 1 aliphatic rings. The molecule has 172 valence electrons. The number of guanidine groups is 1. The van der Waals surface area contributed by atoms with Crippen molar-refractivity contribution >= 4 is 29.9 Å². The molecule has 1 heterocycles. The quantitative estimate of drug-likeness (QED) is 0.303. The molecule has 7 nitrogen and oxygen atoms in total. The van der Waals surface area contributed by atoms with Crippen LogP contribution < -0.4 is 20.1 Å². The van der Waals surface area contributed by atoms with Gasteiger partial charge in [0.25, 0.3) is 0 Å². The Bertz CT molecular complexity index is 846. The minimum Gasteiger partial charge on any atom is -0.493 e. The SMILES string of the molecule is CN=C(NCCc1cnn(C)c1)NCC1(c2ccc(OC)c(OC)c2)CCCCC1.I. The van der Waals surface area contributed by atoms with Gasteiger partial charge in [-0.3, -0.25) is 9.67 Å². The van der Waals surface area contributed by atoms with Gasteiger partial charge < -0.3 is 20.1 Å². The first kappa shape index (κ1) is 25.3. The number of methoxy groups -OCH3 is 2. The molecule has 0 amide bonds. The lowest BCUT2D eigenvalue weighted by atomic mass is 9.69. The van der Waals surface area contributed by atoms with Crippen LogP contribution in [-0.2, 0) is 18.9 Å². The number of nitrogens with one attached hydrogen (secondary N) is 2. The normalized spacial score (nSPS) is 15.7. The second kappa shape index (κ2) is 12.2. The van der Waals surface area contributed by atoms with Crippen LogP contribution in [0, 0.1) is 0 Å². The van der Waals surface area contributed by atoms with Gasteiger partial charge in [0.1, 0.15) is 0 Å². The third-order valence-corrected chi connectivity index (χ3v) is 6.09. The van der Waals surface area contributed by atoms with Crippen molar-refractivity contribution in [3.63, 3.8) is 0 Å². The van der Waals surface area contributed by atoms with E-state index in [1.54, 1.807) is 14.2 Å². The minimum absolute atomic E-state index is 0. The Morgan fingerprint density at radius 3 is 2.48 bits per heavy atom. The summed E-state index contributed by atoms with van der Waals surface area (Å²) in [5.41, 5.74) is 2.59. The number of halogens is 1. The summed E-state index contributed by atoms with van der Waals surface area (Å²) >= 11 is 0. The van der Waals surface area contributed by atoms with Gasteiger partial charge in [0.05, 0.1) is 20.4 Å². The van der Waals surface area contributed by atoms with Gasteiger partial charge in [-0.25, -0.2) is 0 Å². The molecular formula is C23H36IN5O2. The predicted octanol–water partition coefficient (Wildman–Crippen LogP) is 3.66. The van der Waals surface area contributed by atoms with E-state index in [9.17, 15) is 0 Å². The summed E-state index contributed by atoms with van der Waals surface area (Å²) in [6.45, 7) is 1.66. The van der Waals surface area contributed by atoms with Crippen LogP contribution in [0.2, 0.25) is 0 Å². The van der Waals surface area contributed by atoms with E-state index in [0.29, 0.717) is 0 Å². The second-order valence-electron chi connectivity index (χ2n) is 8.04. The summed E-state index contributed by atoms with van der Waals surface area (Å²) in [4.78, 5) is 4.42. The zero-order chi connectivity index (χ0) is 21.4. The van der Waals surface area contributed by atoms with E-state index in [0.717, 1.165) is 49.8 Å². The molecule has 0 saturated heterocycles. The van der Waals surface area contributed by atoms with Gasteiger partial charge in [-0.15, -0.1) is 24.0 Å². The number of benzene rings is 1. The highest BCUT2D eigenvalue weighted by Gasteiger charge is 2.34. The molecule has 0 bridgehead atoms. The number of hydrogen-bond acceptors (Lipinski definition) is 4. The Kier molecular flexibility index (Phi) is 9.93. The summed E-state index contributed by atoms with van der Waals surface area (Å²) in [5.74, 6) is 2.40. The zero-order valence-corrected chi connectivity index (χ0v) is 21.4. The van der Waals surface area contributed by atoms with Crippen LogP contribution in [-0.4, -0.2) is 50.1 Å². The maximum atomic E-state index is 5.57. The van der Waals surface area contributed by atoms with E-state index in [2.05, 4.69) is 32.9 Å². The van der Waals surface area contributed by atoms with E-state index in [1.165, 1.54) is 30.4 Å². The molecule has 2 N–H and O–H groups in total. The third-order valence-electron chi connectivity index (χ3n) is 6.09. The molecule has 1 saturated carbocycles. The highest BCUT2D eigenvalue weighted by atomic mass is 127. The molecule has 8 heteroatoms. The molecule has 0 aliphatic heterocycles. The van der Waals surface area contributed by atoms with Gasteiger partial charge in [0.15, 0.2) is 17.5 Å². The first-order chi connectivity index (χ1) is 14.6. The summed E-state index contributed by atoms with van der Waals surface area (Å²) in [7, 11) is 7.14. The van der Waals surface area contributed by atoms with Crippen molar-refractivity contribution in [2.45, 2.75) is 43.9 Å². The van der Waals surface area contributed by atoms with Crippen LogP contribution in [0.5, 0.6) is 11.5 Å². The molecule has 3 rings (SSSR count). The van der Waals surface area contributed by atoms with Gasteiger partial charge in [0, 0.05) is 38.8 Å². The number of aryl methyl sites for hydroxylation is 1. The fraction of sp³-hybridized carbons (Fsp3) is 0.565. The molecule has 0 spiro atoms. The zero-order valence-electron chi connectivity index (χ0n) is 19.1. The summed E-state index contributed by atoms with van der Waals surface area (Å²) < 4.78 is 12.8. The van der Waals surface area contributed by atoms with Crippen molar-refractivity contribution in [3.05, 3.63) is 41.7 Å². The summed E-state index contributed by atoms with van der Waals surface area (Å²) in [6, 6.07) is 6.35. The standard InChI is InChI=1S/C23H35N5O2.HI/c1-24-22(25-13-10-18-15-27-28(2)16-18)26-17-23(11-6-5-7-12-23)19-8-9-20(29-3)21(14-19)30-4;/h8-9,14-16H,5-7,10-13,17H2,1-4H3,(H2,24,25,26);1H. The topological polar surface area (TPSA) is 72.7 Å². The highest BCUT2D eigenvalue weighted by Crippen LogP contribution is 2.42. The van der Waals surface area contributed by atoms with Crippen molar-refractivity contribution in [1.29, 1.82) is 0 Å². The Hall–Kier alpha value is -1.97. The van der Waals surface area contributed by atoms with Crippen LogP contribution in [0.25, 0.3) is 0 Å². The van der Waals surface area contributed by atoms with Crippen molar-refractivity contribution < 1.29 is 9.47 Å². The third kappa shape index (κ3) is 6.51. The molecule has 1 aliphatic carbocycles. The number of hydrogen-bond donors (Lipinski definition) is 2. The van der Waals surface area contributed by atoms with Crippen LogP contribution in [0.4, 0.5) is 0 Å². The Morgan fingerprint density at radius 2 is 1.87 bits per heavy atom. The van der Waals surface area contributed by atoms with E-state index in [4.69, 9.17) is 9.47 Å². The Balaban J connectivity index is 0.00000341. The van der Waals surface area contributed by atoms with Crippen LogP contribution in [0.3, 0.4) is 0 Å². The van der Waals surface area contributed by atoms with Crippen LogP contribution in [0.15, 0.2) is 35.6 Å². The molecule has 0 radical (unpaired) electrons. The smallest absolute Gasteiger partial charge is 0.191 e. The Morgan fingerprint density at radius 1 is 1.13 bits per heavy atom. The number of aliphatic imine (C=N–C) groups is 1. The van der Waals surface area contributed by atoms with E-state index < -0.39 is 0 Å². The molecule has 1 fully saturated rings. The monoisotopic (exact) mass is 541 g/mol. The Labute approximate surface area is 203 Å². The van der Waals surface area contributed by atoms with Gasteiger partial charge in [-0.2, -0.15) is 5.10 Å². The van der Waals surface area contributed by atoms with Crippen LogP contribution >= 0.6 is 24.0 Å². The van der Waals surface area contributed by atoms with Crippen molar-refractivity contribution in [1.82, 2.24) is 20.4 Å². The lowest BCUT2D eigenvalue weighted by Crippen LogP contribution is -2.47. The van der Waals surface area contributed by atoms with E-state index in [1.807, 2.05) is 37.2 Å².